The van der Waals surface area contributed by atoms with Crippen LogP contribution in [-0.4, -0.2) is 75.8 Å². The number of aromatic nitrogens is 4. The number of allylic oxidation sites excluding steroid dienone is 2. The first-order chi connectivity index (χ1) is 27.0. The predicted octanol–water partition coefficient (Wildman–Crippen LogP) is 7.55. The van der Waals surface area contributed by atoms with Crippen LogP contribution in [0.5, 0.6) is 0 Å². The zero-order valence-electron chi connectivity index (χ0n) is 30.9. The highest BCUT2D eigenvalue weighted by Crippen LogP contribution is 2.41. The number of imidazole rings is 2. The molecule has 1 unspecified atom stereocenters. The van der Waals surface area contributed by atoms with Crippen molar-refractivity contribution in [2.24, 2.45) is 11.8 Å². The molecule has 2 aromatic heterocycles. The van der Waals surface area contributed by atoms with Crippen LogP contribution in [0.25, 0.3) is 55.0 Å². The van der Waals surface area contributed by atoms with Crippen LogP contribution in [0.2, 0.25) is 0 Å². The molecule has 0 radical (unpaired) electrons. The van der Waals surface area contributed by atoms with E-state index in [0.717, 1.165) is 94.4 Å². The summed E-state index contributed by atoms with van der Waals surface area (Å²) in [5, 5.41) is 11.1. The van der Waals surface area contributed by atoms with Crippen LogP contribution in [0, 0.1) is 11.8 Å². The molecule has 4 aliphatic rings. The maximum absolute atomic E-state index is 14.0. The van der Waals surface area contributed by atoms with Crippen LogP contribution in [-0.2, 0) is 20.7 Å². The number of benzene rings is 4. The van der Waals surface area contributed by atoms with Gasteiger partial charge in [0.05, 0.1) is 36.1 Å². The fraction of sp³-hybridized carbons (Fsp3) is 0.364. The molecule has 3 saturated heterocycles. The zero-order chi connectivity index (χ0) is 37.0. The molecule has 55 heavy (non-hydrogen) atoms. The van der Waals surface area contributed by atoms with Crippen molar-refractivity contribution < 1.29 is 19.1 Å². The van der Waals surface area contributed by atoms with E-state index in [1.807, 2.05) is 11.1 Å². The largest absolute Gasteiger partial charge is 0.453 e. The molecule has 11 nitrogen and oxygen atoms in total. The van der Waals surface area contributed by atoms with Crippen molar-refractivity contribution in [3.8, 4) is 22.4 Å². The van der Waals surface area contributed by atoms with E-state index in [2.05, 4.69) is 93.4 Å². The Morgan fingerprint density at radius 2 is 1.71 bits per heavy atom. The molecule has 280 valence electrons. The average molecular weight is 736 g/mol. The number of likely N-dealkylation sites (tertiary alicyclic amines) is 1. The number of H-pyrrole nitrogens is 2. The smallest absolute Gasteiger partial charge is 0.407 e. The van der Waals surface area contributed by atoms with Gasteiger partial charge in [0.15, 0.2) is 0 Å². The molecule has 5 heterocycles. The van der Waals surface area contributed by atoms with Gasteiger partial charge in [0.1, 0.15) is 17.7 Å². The zero-order valence-corrected chi connectivity index (χ0v) is 30.9. The molecule has 1 aliphatic carbocycles. The van der Waals surface area contributed by atoms with Gasteiger partial charge in [-0.3, -0.25) is 4.79 Å². The van der Waals surface area contributed by atoms with E-state index in [0.29, 0.717) is 32.1 Å². The molecule has 3 fully saturated rings. The van der Waals surface area contributed by atoms with Crippen molar-refractivity contribution in [1.82, 2.24) is 35.5 Å². The highest BCUT2D eigenvalue weighted by Gasteiger charge is 2.39. The van der Waals surface area contributed by atoms with Gasteiger partial charge in [0.25, 0.3) is 0 Å². The van der Waals surface area contributed by atoms with Gasteiger partial charge < -0.3 is 35.0 Å². The third-order valence-corrected chi connectivity index (χ3v) is 12.4. The molecule has 4 aromatic carbocycles. The normalized spacial score (nSPS) is 21.7. The fourth-order valence-electron chi connectivity index (χ4n) is 9.44. The average Bonchev–Trinajstić information content (AvgIpc) is 4.09. The molecule has 4 N–H and O–H groups in total. The number of hydrogen-bond donors (Lipinski definition) is 4. The highest BCUT2D eigenvalue weighted by atomic mass is 16.5. The lowest BCUT2D eigenvalue weighted by atomic mass is 9.90. The molecule has 0 saturated carbocycles. The van der Waals surface area contributed by atoms with Gasteiger partial charge in [-0.2, -0.15) is 0 Å². The van der Waals surface area contributed by atoms with Crippen LogP contribution in [0.4, 0.5) is 4.79 Å². The number of fused-ring (bicyclic) bond motifs is 6. The first-order valence-electron chi connectivity index (χ1n) is 19.7. The lowest BCUT2D eigenvalue weighted by molar-refractivity contribution is -0.136. The van der Waals surface area contributed by atoms with E-state index < -0.39 is 12.1 Å². The van der Waals surface area contributed by atoms with Crippen LogP contribution >= 0.6 is 0 Å². The van der Waals surface area contributed by atoms with E-state index in [4.69, 9.17) is 19.4 Å². The summed E-state index contributed by atoms with van der Waals surface area (Å²) in [7, 11) is 1.33. The number of carbonyl (C=O) groups excluding carboxylic acids is 2. The Morgan fingerprint density at radius 3 is 2.49 bits per heavy atom. The van der Waals surface area contributed by atoms with Crippen LogP contribution < -0.4 is 10.6 Å². The fourth-order valence-corrected chi connectivity index (χ4v) is 9.44. The Hall–Kier alpha value is -5.68. The van der Waals surface area contributed by atoms with Gasteiger partial charge in [0, 0.05) is 48.9 Å². The Bertz CT molecular complexity index is 2480. The maximum atomic E-state index is 14.0. The predicted molar refractivity (Wildman–Crippen MR) is 212 cm³/mol. The minimum Gasteiger partial charge on any atom is -0.453 e. The summed E-state index contributed by atoms with van der Waals surface area (Å²) in [5.74, 6) is 2.46. The summed E-state index contributed by atoms with van der Waals surface area (Å²) in [4.78, 5) is 45.2. The minimum atomic E-state index is -0.631. The number of rotatable bonds is 8. The number of nitrogens with one attached hydrogen (secondary N) is 4. The molecular weight excluding hydrogens is 691 g/mol. The first kappa shape index (κ1) is 33.9. The molecule has 10 rings (SSSR count). The molecule has 2 amide bonds. The molecule has 3 aliphatic heterocycles. The van der Waals surface area contributed by atoms with E-state index in [9.17, 15) is 9.59 Å². The highest BCUT2D eigenvalue weighted by molar-refractivity contribution is 6.05. The SMILES string of the molecule is COC(=O)N[C@H](C(=O)N1CCCC1Cc1nc2c(ccc3cc(-c4ccc5cc(-c6cnc([C@H]7NC8=CC[C@H]7C8)[nH]6)ccc5c4)ccc32)[nH]1)C1CCOCC1. The van der Waals surface area contributed by atoms with Crippen molar-refractivity contribution in [3.63, 3.8) is 0 Å². The van der Waals surface area contributed by atoms with Gasteiger partial charge in [-0.15, -0.1) is 0 Å². The standard InChI is InChI=1S/C44H45N7O4/c1-54-44(53)50-40(25-14-17-55-18-15-25)43(52)51-16-2-3-34(51)23-38-47-36-13-10-30-20-29(9-12-35(30)41(36)49-38)26-4-5-28-21-31(7-6-27(28)19-26)37-24-45-42(48-37)39-32-8-11-33(22-32)46-39/h4-7,9-13,19-21,24-25,32,34,39-40,46H,2-3,8,14-18,22-23H2,1H3,(H,45,48)(H,47,49)(H,50,53)/t32-,34?,39-,40-/m0/s1. The number of carbonyl (C=O) groups is 2. The summed E-state index contributed by atoms with van der Waals surface area (Å²) in [5.41, 5.74) is 7.77. The molecular formula is C44H45N7O4. The second-order valence-corrected chi connectivity index (χ2v) is 15.7. The third kappa shape index (κ3) is 6.30. The van der Waals surface area contributed by atoms with Crippen molar-refractivity contribution in [3.05, 3.63) is 96.3 Å². The van der Waals surface area contributed by atoms with Crippen molar-refractivity contribution in [2.45, 2.75) is 63.1 Å². The first-order valence-corrected chi connectivity index (χ1v) is 19.7. The monoisotopic (exact) mass is 735 g/mol. The maximum Gasteiger partial charge on any atom is 0.407 e. The topological polar surface area (TPSA) is 137 Å². The molecule has 11 heteroatoms. The Kier molecular flexibility index (Phi) is 8.54. The lowest BCUT2D eigenvalue weighted by Gasteiger charge is -2.34. The third-order valence-electron chi connectivity index (χ3n) is 12.4. The number of methoxy groups -OCH3 is 1. The Labute approximate surface area is 318 Å². The van der Waals surface area contributed by atoms with Crippen LogP contribution in [0.15, 0.2) is 84.7 Å². The van der Waals surface area contributed by atoms with E-state index in [-0.39, 0.29) is 23.9 Å². The van der Waals surface area contributed by atoms with Gasteiger partial charge in [-0.1, -0.05) is 48.5 Å². The quantitative estimate of drug-likeness (QED) is 0.127. The van der Waals surface area contributed by atoms with Crippen molar-refractivity contribution >= 4 is 44.6 Å². The van der Waals surface area contributed by atoms with Crippen LogP contribution in [0.3, 0.4) is 0 Å². The van der Waals surface area contributed by atoms with E-state index >= 15 is 0 Å². The van der Waals surface area contributed by atoms with E-state index in [1.54, 1.807) is 0 Å². The van der Waals surface area contributed by atoms with E-state index in [1.165, 1.54) is 23.6 Å². The Balaban J connectivity index is 0.863. The van der Waals surface area contributed by atoms with Gasteiger partial charge >= 0.3 is 6.09 Å². The van der Waals surface area contributed by atoms with Crippen LogP contribution in [0.1, 0.15) is 56.2 Å². The van der Waals surface area contributed by atoms with Crippen molar-refractivity contribution in [1.29, 1.82) is 0 Å². The lowest BCUT2D eigenvalue weighted by Crippen LogP contribution is -2.54. The Morgan fingerprint density at radius 1 is 0.945 bits per heavy atom. The number of aromatic amines is 2. The summed E-state index contributed by atoms with van der Waals surface area (Å²) < 4.78 is 10.4. The number of nitrogens with zero attached hydrogens (tertiary/aromatic N) is 3. The number of amides is 2. The molecule has 6 aromatic rings. The molecule has 4 atom stereocenters. The number of ether oxygens (including phenoxy) is 2. The summed E-state index contributed by atoms with van der Waals surface area (Å²) >= 11 is 0. The molecule has 0 spiro atoms. The molecule has 2 bridgehead atoms. The van der Waals surface area contributed by atoms with Gasteiger partial charge in [-0.05, 0) is 102 Å². The minimum absolute atomic E-state index is 0.00368. The second kappa shape index (κ2) is 13.9. The summed E-state index contributed by atoms with van der Waals surface area (Å²) in [6.45, 7) is 1.84. The second-order valence-electron chi connectivity index (χ2n) is 15.7. The summed E-state index contributed by atoms with van der Waals surface area (Å²) in [6.07, 6.45) is 9.84. The number of alkyl carbamates (subject to hydrolysis) is 1. The number of hydrogen-bond acceptors (Lipinski definition) is 7. The van der Waals surface area contributed by atoms with Crippen molar-refractivity contribution in [2.75, 3.05) is 26.9 Å². The van der Waals surface area contributed by atoms with Gasteiger partial charge in [0.2, 0.25) is 5.91 Å². The van der Waals surface area contributed by atoms with Gasteiger partial charge in [-0.25, -0.2) is 14.8 Å². The summed E-state index contributed by atoms with van der Waals surface area (Å²) in [6, 6.07) is 23.8.